The number of benzene rings is 3. The van der Waals surface area contributed by atoms with Crippen molar-refractivity contribution in [2.45, 2.75) is 63.6 Å². The van der Waals surface area contributed by atoms with Crippen LogP contribution < -0.4 is 9.47 Å². The highest BCUT2D eigenvalue weighted by molar-refractivity contribution is 6.77. The van der Waals surface area contributed by atoms with Crippen molar-refractivity contribution in [1.82, 2.24) is 0 Å². The second-order valence-corrected chi connectivity index (χ2v) is 21.7. The van der Waals surface area contributed by atoms with E-state index in [4.69, 9.17) is 9.47 Å². The highest BCUT2D eigenvalue weighted by atomic mass is 28.3. The Morgan fingerprint density at radius 2 is 0.893 bits per heavy atom. The third-order valence-corrected chi connectivity index (χ3v) is 8.67. The summed E-state index contributed by atoms with van der Waals surface area (Å²) < 4.78 is 13.6. The van der Waals surface area contributed by atoms with E-state index in [-0.39, 0.29) is 12.2 Å². The summed E-state index contributed by atoms with van der Waals surface area (Å²) in [5.74, 6) is 1.90. The van der Waals surface area contributed by atoms with Crippen molar-refractivity contribution in [2.24, 2.45) is 0 Å². The fourth-order valence-electron chi connectivity index (χ4n) is 4.32. The average molecular weight is 409 g/mol. The lowest BCUT2D eigenvalue weighted by Gasteiger charge is -2.39. The summed E-state index contributed by atoms with van der Waals surface area (Å²) in [7, 11) is -2.59. The molecule has 1 aliphatic heterocycles. The van der Waals surface area contributed by atoms with Crippen LogP contribution in [0.1, 0.15) is 0 Å². The smallest absolute Gasteiger partial charge is 0.170 e. The molecule has 2 atom stereocenters. The molecule has 2 unspecified atom stereocenters. The molecule has 0 fully saturated rings. The summed E-state index contributed by atoms with van der Waals surface area (Å²) in [5.41, 5.74) is 0. The standard InChI is InChI=1S/C24H32O2Si2/c1-27(2,3)15-21-22(16-28(4,5)6)26-24-20-14-10-8-12-18(20)17-11-7-9-13-19(17)23(24)25-21/h7-14,21-22H,15-16H2,1-6H3. The van der Waals surface area contributed by atoms with Gasteiger partial charge in [-0.05, 0) is 22.9 Å². The predicted molar refractivity (Wildman–Crippen MR) is 127 cm³/mol. The predicted octanol–water partition coefficient (Wildman–Crippen LogP) is 7.18. The molecule has 3 aromatic rings. The average Bonchev–Trinajstić information content (AvgIpc) is 2.60. The molecule has 0 spiro atoms. The zero-order valence-corrected chi connectivity index (χ0v) is 20.0. The van der Waals surface area contributed by atoms with Crippen LogP contribution >= 0.6 is 0 Å². The lowest BCUT2D eigenvalue weighted by Crippen LogP contribution is -2.47. The largest absolute Gasteiger partial charge is 0.482 e. The molecule has 3 aromatic carbocycles. The maximum Gasteiger partial charge on any atom is 0.170 e. The van der Waals surface area contributed by atoms with Crippen LogP contribution in [0.3, 0.4) is 0 Å². The third-order valence-electron chi connectivity index (χ3n) is 5.42. The number of rotatable bonds is 4. The summed E-state index contributed by atoms with van der Waals surface area (Å²) in [4.78, 5) is 0. The topological polar surface area (TPSA) is 18.5 Å². The van der Waals surface area contributed by atoms with Crippen LogP contribution in [0.25, 0.3) is 21.5 Å². The van der Waals surface area contributed by atoms with E-state index >= 15 is 0 Å². The van der Waals surface area contributed by atoms with Crippen LogP contribution in [0, 0.1) is 0 Å². The van der Waals surface area contributed by atoms with Crippen LogP contribution in [0.4, 0.5) is 0 Å². The second-order valence-electron chi connectivity index (χ2n) is 10.6. The van der Waals surface area contributed by atoms with Crippen molar-refractivity contribution in [3.8, 4) is 11.5 Å². The van der Waals surface area contributed by atoms with Gasteiger partial charge in [-0.1, -0.05) is 87.8 Å². The summed E-state index contributed by atoms with van der Waals surface area (Å²) in [6, 6.07) is 19.4. The first-order valence-corrected chi connectivity index (χ1v) is 17.8. The van der Waals surface area contributed by atoms with E-state index in [9.17, 15) is 0 Å². The lowest BCUT2D eigenvalue weighted by molar-refractivity contribution is 0.0447. The summed E-state index contributed by atoms with van der Waals surface area (Å²) in [6.45, 7) is 14.6. The van der Waals surface area contributed by atoms with Crippen LogP contribution in [0.2, 0.25) is 51.4 Å². The first-order valence-electron chi connectivity index (χ1n) is 10.4. The van der Waals surface area contributed by atoms with Crippen LogP contribution in [-0.4, -0.2) is 28.4 Å². The lowest BCUT2D eigenvalue weighted by atomic mass is 9.99. The number of ether oxygens (including phenoxy) is 2. The Morgan fingerprint density at radius 3 is 1.21 bits per heavy atom. The minimum Gasteiger partial charge on any atom is -0.482 e. The van der Waals surface area contributed by atoms with Crippen molar-refractivity contribution >= 4 is 37.7 Å². The zero-order valence-electron chi connectivity index (χ0n) is 18.0. The number of fused-ring (bicyclic) bond motifs is 6. The van der Waals surface area contributed by atoms with Crippen molar-refractivity contribution < 1.29 is 9.47 Å². The van der Waals surface area contributed by atoms with Gasteiger partial charge in [-0.2, -0.15) is 0 Å². The number of hydrogen-bond donors (Lipinski definition) is 0. The molecule has 0 saturated heterocycles. The molecule has 0 aromatic heterocycles. The van der Waals surface area contributed by atoms with Gasteiger partial charge in [-0.3, -0.25) is 0 Å². The second kappa shape index (κ2) is 6.92. The Bertz CT molecular complexity index is 932. The molecule has 0 bridgehead atoms. The van der Waals surface area contributed by atoms with Crippen molar-refractivity contribution in [2.75, 3.05) is 0 Å². The molecule has 0 N–H and O–H groups in total. The Balaban J connectivity index is 1.91. The molecule has 4 rings (SSSR count). The van der Waals surface area contributed by atoms with E-state index < -0.39 is 16.1 Å². The Kier molecular flexibility index (Phi) is 4.83. The monoisotopic (exact) mass is 408 g/mol. The maximum absolute atomic E-state index is 6.82. The molecule has 0 saturated carbocycles. The fourth-order valence-corrected chi connectivity index (χ4v) is 7.43. The first kappa shape index (κ1) is 19.5. The summed E-state index contributed by atoms with van der Waals surface area (Å²) in [5, 5.41) is 4.83. The maximum atomic E-state index is 6.82. The Morgan fingerprint density at radius 1 is 0.571 bits per heavy atom. The first-order chi connectivity index (χ1) is 13.1. The normalized spacial score (nSPS) is 19.9. The van der Waals surface area contributed by atoms with E-state index in [1.54, 1.807) is 0 Å². The molecule has 148 valence electrons. The molecule has 0 aliphatic carbocycles. The quantitative estimate of drug-likeness (QED) is 0.336. The van der Waals surface area contributed by atoms with Gasteiger partial charge in [-0.15, -0.1) is 0 Å². The van der Waals surface area contributed by atoms with Gasteiger partial charge in [-0.25, -0.2) is 0 Å². The fraction of sp³-hybridized carbons (Fsp3) is 0.417. The Labute approximate surface area is 170 Å². The third kappa shape index (κ3) is 3.85. The molecule has 28 heavy (non-hydrogen) atoms. The zero-order chi connectivity index (χ0) is 20.1. The van der Waals surface area contributed by atoms with E-state index in [1.807, 2.05) is 0 Å². The molecule has 1 heterocycles. The van der Waals surface area contributed by atoms with Crippen molar-refractivity contribution in [3.63, 3.8) is 0 Å². The molecule has 0 radical (unpaired) electrons. The molecule has 0 amide bonds. The molecule has 2 nitrogen and oxygen atoms in total. The summed E-state index contributed by atoms with van der Waals surface area (Å²) >= 11 is 0. The van der Waals surface area contributed by atoms with E-state index in [2.05, 4.69) is 87.8 Å². The van der Waals surface area contributed by atoms with Crippen LogP contribution in [-0.2, 0) is 0 Å². The van der Waals surface area contributed by atoms with E-state index in [0.717, 1.165) is 23.6 Å². The van der Waals surface area contributed by atoms with E-state index in [0.29, 0.717) is 0 Å². The van der Waals surface area contributed by atoms with Crippen molar-refractivity contribution in [1.29, 1.82) is 0 Å². The minimum atomic E-state index is -1.29. The van der Waals surface area contributed by atoms with Crippen LogP contribution in [0.15, 0.2) is 48.5 Å². The van der Waals surface area contributed by atoms with Gasteiger partial charge < -0.3 is 9.47 Å². The van der Waals surface area contributed by atoms with Gasteiger partial charge in [0.05, 0.1) is 0 Å². The van der Waals surface area contributed by atoms with E-state index in [1.165, 1.54) is 21.5 Å². The van der Waals surface area contributed by atoms with Gasteiger partial charge in [0, 0.05) is 26.9 Å². The highest BCUT2D eigenvalue weighted by Gasteiger charge is 2.39. The summed E-state index contributed by atoms with van der Waals surface area (Å²) in [6.07, 6.45) is 0.297. The van der Waals surface area contributed by atoms with Crippen molar-refractivity contribution in [3.05, 3.63) is 48.5 Å². The SMILES string of the molecule is C[Si](C)(C)CC1Oc2c(c3ccccc3c3ccccc23)OC1C[Si](C)(C)C. The molecular weight excluding hydrogens is 376 g/mol. The number of hydrogen-bond acceptors (Lipinski definition) is 2. The highest BCUT2D eigenvalue weighted by Crippen LogP contribution is 2.48. The van der Waals surface area contributed by atoms with Gasteiger partial charge in [0.1, 0.15) is 12.2 Å². The van der Waals surface area contributed by atoms with Gasteiger partial charge in [0.2, 0.25) is 0 Å². The Hall–Kier alpha value is -1.79. The minimum absolute atomic E-state index is 0.149. The molecule has 4 heteroatoms. The van der Waals surface area contributed by atoms with Gasteiger partial charge in [0.25, 0.3) is 0 Å². The van der Waals surface area contributed by atoms with Gasteiger partial charge in [0.15, 0.2) is 11.5 Å². The molecule has 1 aliphatic rings. The molecular formula is C24H32O2Si2. The van der Waals surface area contributed by atoms with Gasteiger partial charge >= 0.3 is 0 Å². The van der Waals surface area contributed by atoms with Crippen LogP contribution in [0.5, 0.6) is 11.5 Å².